The Bertz CT molecular complexity index is 635. The summed E-state index contributed by atoms with van der Waals surface area (Å²) in [7, 11) is 1.81. The van der Waals surface area contributed by atoms with Crippen molar-refractivity contribution in [3.63, 3.8) is 0 Å². The second kappa shape index (κ2) is 7.56. The van der Waals surface area contributed by atoms with E-state index in [-0.39, 0.29) is 0 Å². The lowest BCUT2D eigenvalue weighted by Crippen LogP contribution is -2.08. The molecule has 2 aromatic carbocycles. The molecule has 5 nitrogen and oxygen atoms in total. The van der Waals surface area contributed by atoms with Gasteiger partial charge in [-0.15, -0.1) is 0 Å². The summed E-state index contributed by atoms with van der Waals surface area (Å²) in [4.78, 5) is 0. The molecule has 2 aromatic rings. The summed E-state index contributed by atoms with van der Waals surface area (Å²) in [5.41, 5.74) is 1.35. The Hall–Kier alpha value is -1.41. The third-order valence-electron chi connectivity index (χ3n) is 2.67. The number of nitrogens with one attached hydrogen (secondary N) is 2. The molecular formula is C14H14BrN2O3S-. The van der Waals surface area contributed by atoms with Crippen LogP contribution < -0.4 is 14.8 Å². The Labute approximate surface area is 134 Å². The molecule has 112 valence electrons. The molecule has 7 heteroatoms. The van der Waals surface area contributed by atoms with Gasteiger partial charge in [-0.05, 0) is 49.5 Å². The Morgan fingerprint density at radius 3 is 2.57 bits per heavy atom. The number of benzene rings is 2. The molecule has 1 unspecified atom stereocenters. The van der Waals surface area contributed by atoms with Crippen molar-refractivity contribution in [1.82, 2.24) is 5.32 Å². The van der Waals surface area contributed by atoms with E-state index in [0.717, 1.165) is 10.0 Å². The summed E-state index contributed by atoms with van der Waals surface area (Å²) in [5, 5.41) is 3.03. The number of hydrogen-bond acceptors (Lipinski definition) is 4. The van der Waals surface area contributed by atoms with Crippen molar-refractivity contribution < 1.29 is 13.5 Å². The lowest BCUT2D eigenvalue weighted by atomic mass is 10.1. The molecule has 0 amide bonds. The van der Waals surface area contributed by atoms with E-state index in [4.69, 9.17) is 4.74 Å². The van der Waals surface area contributed by atoms with Gasteiger partial charge in [0.2, 0.25) is 0 Å². The summed E-state index contributed by atoms with van der Waals surface area (Å²) in [5.74, 6) is 1.39. The van der Waals surface area contributed by atoms with Crippen LogP contribution in [0, 0.1) is 0 Å². The summed E-state index contributed by atoms with van der Waals surface area (Å²) in [6.07, 6.45) is 0. The fraction of sp³-hybridized carbons (Fsp3) is 0.143. The highest BCUT2D eigenvalue weighted by Crippen LogP contribution is 2.28. The van der Waals surface area contributed by atoms with Crippen molar-refractivity contribution in [2.45, 2.75) is 6.54 Å². The number of hydrogen-bond donors (Lipinski definition) is 2. The molecule has 0 fully saturated rings. The van der Waals surface area contributed by atoms with Crippen molar-refractivity contribution in [1.29, 1.82) is 0 Å². The van der Waals surface area contributed by atoms with Crippen LogP contribution in [-0.4, -0.2) is 15.8 Å². The smallest absolute Gasteiger partial charge is 0.132 e. The molecule has 0 radical (unpaired) electrons. The minimum Gasteiger partial charge on any atom is -0.755 e. The predicted octanol–water partition coefficient (Wildman–Crippen LogP) is 3.17. The fourth-order valence-corrected chi connectivity index (χ4v) is 2.38. The molecule has 21 heavy (non-hydrogen) atoms. The van der Waals surface area contributed by atoms with Crippen molar-refractivity contribution in [2.75, 3.05) is 11.8 Å². The van der Waals surface area contributed by atoms with Crippen molar-refractivity contribution in [2.24, 2.45) is 0 Å². The predicted molar refractivity (Wildman–Crippen MR) is 86.0 cm³/mol. The van der Waals surface area contributed by atoms with Gasteiger partial charge in [-0.1, -0.05) is 15.9 Å². The maximum atomic E-state index is 10.7. The summed E-state index contributed by atoms with van der Waals surface area (Å²) < 4.78 is 30.5. The van der Waals surface area contributed by atoms with E-state index < -0.39 is 11.3 Å². The zero-order chi connectivity index (χ0) is 15.2. The number of ether oxygens (including phenoxy) is 1. The van der Waals surface area contributed by atoms with E-state index in [0.29, 0.717) is 23.7 Å². The van der Waals surface area contributed by atoms with E-state index in [1.165, 1.54) is 0 Å². The quantitative estimate of drug-likeness (QED) is 0.767. The highest BCUT2D eigenvalue weighted by atomic mass is 79.9. The van der Waals surface area contributed by atoms with Crippen LogP contribution in [-0.2, 0) is 17.8 Å². The largest absolute Gasteiger partial charge is 0.755 e. The van der Waals surface area contributed by atoms with Gasteiger partial charge in [-0.3, -0.25) is 4.21 Å². The SMILES string of the molecule is CNCc1cc(NS(=O)[O-])ccc1Oc1ccc(Br)cc1. The van der Waals surface area contributed by atoms with Crippen LogP contribution in [0.4, 0.5) is 5.69 Å². The van der Waals surface area contributed by atoms with Crippen LogP contribution >= 0.6 is 15.9 Å². The van der Waals surface area contributed by atoms with Crippen LogP contribution in [0.3, 0.4) is 0 Å². The van der Waals surface area contributed by atoms with E-state index >= 15 is 0 Å². The van der Waals surface area contributed by atoms with Gasteiger partial charge in [-0.25, -0.2) is 0 Å². The second-order valence-electron chi connectivity index (χ2n) is 4.25. The van der Waals surface area contributed by atoms with Gasteiger partial charge in [0.25, 0.3) is 0 Å². The second-order valence-corrected chi connectivity index (χ2v) is 5.83. The van der Waals surface area contributed by atoms with Gasteiger partial charge in [0.15, 0.2) is 0 Å². The third kappa shape index (κ3) is 4.82. The van der Waals surface area contributed by atoms with Crippen LogP contribution in [0.25, 0.3) is 0 Å². The summed E-state index contributed by atoms with van der Waals surface area (Å²) in [6.45, 7) is 0.562. The molecule has 2 N–H and O–H groups in total. The van der Waals surface area contributed by atoms with Crippen LogP contribution in [0.15, 0.2) is 46.9 Å². The van der Waals surface area contributed by atoms with Gasteiger partial charge in [-0.2, -0.15) is 0 Å². The molecule has 0 heterocycles. The van der Waals surface area contributed by atoms with Gasteiger partial charge < -0.3 is 19.3 Å². The molecule has 1 atom stereocenters. The first-order chi connectivity index (χ1) is 10.1. The van der Waals surface area contributed by atoms with Gasteiger partial charge in [0.1, 0.15) is 11.5 Å². The molecule has 0 saturated carbocycles. The molecule has 0 aromatic heterocycles. The van der Waals surface area contributed by atoms with E-state index in [2.05, 4.69) is 26.0 Å². The monoisotopic (exact) mass is 369 g/mol. The first-order valence-corrected chi connectivity index (χ1v) is 8.02. The number of halogens is 1. The molecule has 0 aliphatic rings. The average molecular weight is 370 g/mol. The van der Waals surface area contributed by atoms with Crippen molar-refractivity contribution in [3.05, 3.63) is 52.5 Å². The summed E-state index contributed by atoms with van der Waals surface area (Å²) in [6, 6.07) is 12.6. The zero-order valence-corrected chi connectivity index (χ0v) is 13.7. The van der Waals surface area contributed by atoms with Crippen LogP contribution in [0.5, 0.6) is 11.5 Å². The van der Waals surface area contributed by atoms with Crippen LogP contribution in [0.1, 0.15) is 5.56 Å². The topological polar surface area (TPSA) is 73.4 Å². The highest BCUT2D eigenvalue weighted by molar-refractivity contribution is 9.10. The van der Waals surface area contributed by atoms with Crippen LogP contribution in [0.2, 0.25) is 0 Å². The molecule has 0 saturated heterocycles. The third-order valence-corrected chi connectivity index (χ3v) is 3.60. The normalized spacial score (nSPS) is 12.0. The Kier molecular flexibility index (Phi) is 5.75. The van der Waals surface area contributed by atoms with Gasteiger partial charge in [0.05, 0.1) is 0 Å². The lowest BCUT2D eigenvalue weighted by molar-refractivity contribution is 0.474. The Balaban J connectivity index is 2.24. The van der Waals surface area contributed by atoms with Crippen molar-refractivity contribution >= 4 is 32.9 Å². The molecular weight excluding hydrogens is 356 g/mol. The Morgan fingerprint density at radius 1 is 1.24 bits per heavy atom. The lowest BCUT2D eigenvalue weighted by Gasteiger charge is -2.14. The summed E-state index contributed by atoms with van der Waals surface area (Å²) >= 11 is 1.03. The minimum atomic E-state index is -2.34. The number of anilines is 1. The van der Waals surface area contributed by atoms with Gasteiger partial charge >= 0.3 is 0 Å². The average Bonchev–Trinajstić information content (AvgIpc) is 2.44. The molecule has 0 aliphatic heterocycles. The molecule has 0 spiro atoms. The van der Waals surface area contributed by atoms with E-state index in [9.17, 15) is 8.76 Å². The zero-order valence-electron chi connectivity index (χ0n) is 11.3. The first kappa shape index (κ1) is 16.0. The maximum absolute atomic E-state index is 10.7. The van der Waals surface area contributed by atoms with E-state index in [1.54, 1.807) is 18.2 Å². The van der Waals surface area contributed by atoms with Crippen molar-refractivity contribution in [3.8, 4) is 11.5 Å². The van der Waals surface area contributed by atoms with Gasteiger partial charge in [0, 0.05) is 33.5 Å². The first-order valence-electron chi connectivity index (χ1n) is 6.15. The van der Waals surface area contributed by atoms with E-state index in [1.807, 2.05) is 31.3 Å². The molecule has 2 rings (SSSR count). The maximum Gasteiger partial charge on any atom is 0.132 e. The standard InChI is InChI=1S/C14H15BrN2O3S/c1-16-9-10-8-12(17-21(18)19)4-7-14(10)20-13-5-2-11(15)3-6-13/h2-8,16-17H,9H2,1H3,(H,18,19)/p-1. The number of rotatable bonds is 6. The molecule has 0 aliphatic carbocycles. The fourth-order valence-electron chi connectivity index (χ4n) is 1.80. The molecule has 0 bridgehead atoms. The highest BCUT2D eigenvalue weighted by Gasteiger charge is 2.06. The minimum absolute atomic E-state index is 0.497. The Morgan fingerprint density at radius 2 is 1.95 bits per heavy atom.